The van der Waals surface area contributed by atoms with Gasteiger partial charge in [-0.25, -0.2) is 4.79 Å². The predicted octanol–water partition coefficient (Wildman–Crippen LogP) is 2.72. The van der Waals surface area contributed by atoms with Gasteiger partial charge in [0, 0.05) is 39.8 Å². The topological polar surface area (TPSA) is 79.2 Å². The van der Waals surface area contributed by atoms with Crippen LogP contribution < -0.4 is 16.1 Å². The van der Waals surface area contributed by atoms with E-state index in [2.05, 4.69) is 78.0 Å². The Kier molecular flexibility index (Phi) is 6.06. The van der Waals surface area contributed by atoms with Crippen molar-refractivity contribution in [1.82, 2.24) is 24.0 Å². The minimum absolute atomic E-state index is 0.400. The van der Waals surface area contributed by atoms with Crippen LogP contribution in [-0.2, 0) is 20.1 Å². The summed E-state index contributed by atoms with van der Waals surface area (Å²) in [5.41, 5.74) is 6.23. The molecule has 2 aromatic carbocycles. The van der Waals surface area contributed by atoms with E-state index in [9.17, 15) is 9.59 Å². The van der Waals surface area contributed by atoms with Crippen LogP contribution in [-0.4, -0.2) is 50.2 Å². The summed E-state index contributed by atoms with van der Waals surface area (Å²) in [5.74, 6) is 0.735. The lowest BCUT2D eigenvalue weighted by Crippen LogP contribution is -2.47. The summed E-state index contributed by atoms with van der Waals surface area (Å²) in [5, 5.41) is 0. The van der Waals surface area contributed by atoms with Gasteiger partial charge in [0.2, 0.25) is 5.95 Å². The molecule has 35 heavy (non-hydrogen) atoms. The van der Waals surface area contributed by atoms with Crippen molar-refractivity contribution in [2.45, 2.75) is 33.9 Å². The lowest BCUT2D eigenvalue weighted by Gasteiger charge is -2.35. The molecular formula is C27H32N6O2. The van der Waals surface area contributed by atoms with Crippen molar-refractivity contribution < 1.29 is 0 Å². The number of aryl methyl sites for hydroxylation is 4. The summed E-state index contributed by atoms with van der Waals surface area (Å²) in [4.78, 5) is 37.1. The van der Waals surface area contributed by atoms with Crippen molar-refractivity contribution in [3.05, 3.63) is 91.1 Å². The van der Waals surface area contributed by atoms with E-state index in [0.717, 1.165) is 44.2 Å². The Morgan fingerprint density at radius 1 is 0.886 bits per heavy atom. The van der Waals surface area contributed by atoms with Crippen molar-refractivity contribution in [3.8, 4) is 0 Å². The normalized spacial score (nSPS) is 14.7. The molecule has 0 aliphatic carbocycles. The number of anilines is 1. The second-order valence-electron chi connectivity index (χ2n) is 9.67. The fourth-order valence-electron chi connectivity index (χ4n) is 4.81. The molecule has 182 valence electrons. The monoisotopic (exact) mass is 472 g/mol. The van der Waals surface area contributed by atoms with Gasteiger partial charge in [0.05, 0.1) is 6.54 Å². The van der Waals surface area contributed by atoms with E-state index in [1.54, 1.807) is 7.05 Å². The maximum Gasteiger partial charge on any atom is 0.329 e. The number of aromatic nitrogens is 4. The molecule has 5 rings (SSSR count). The summed E-state index contributed by atoms with van der Waals surface area (Å²) in [6, 6.07) is 14.9. The van der Waals surface area contributed by atoms with Gasteiger partial charge in [0.15, 0.2) is 11.2 Å². The molecule has 3 heterocycles. The minimum Gasteiger partial charge on any atom is -0.340 e. The molecule has 4 aromatic rings. The molecule has 0 atom stereocenters. The average molecular weight is 473 g/mol. The molecule has 1 saturated heterocycles. The lowest BCUT2D eigenvalue weighted by molar-refractivity contribution is 0.248. The SMILES string of the molecule is Cc1ccc(Cn2c(N3CCN(Cc4cc(C)ccc4C)CC3)nc3c2c(=O)[nH]c(=O)n3C)cc1. The zero-order chi connectivity index (χ0) is 24.7. The largest absolute Gasteiger partial charge is 0.340 e. The molecule has 0 spiro atoms. The molecule has 1 N–H and O–H groups in total. The highest BCUT2D eigenvalue weighted by Crippen LogP contribution is 2.23. The molecule has 2 aromatic heterocycles. The first kappa shape index (κ1) is 23.1. The van der Waals surface area contributed by atoms with Crippen molar-refractivity contribution >= 4 is 17.1 Å². The smallest absolute Gasteiger partial charge is 0.329 e. The van der Waals surface area contributed by atoms with Crippen LogP contribution in [0.2, 0.25) is 0 Å². The number of fused-ring (bicyclic) bond motifs is 1. The number of aromatic amines is 1. The van der Waals surface area contributed by atoms with E-state index in [4.69, 9.17) is 4.98 Å². The van der Waals surface area contributed by atoms with Crippen LogP contribution in [0.25, 0.3) is 11.2 Å². The van der Waals surface area contributed by atoms with Crippen LogP contribution in [0.3, 0.4) is 0 Å². The molecule has 1 fully saturated rings. The van der Waals surface area contributed by atoms with Crippen LogP contribution in [0.15, 0.2) is 52.1 Å². The predicted molar refractivity (Wildman–Crippen MR) is 139 cm³/mol. The number of imidazole rings is 1. The van der Waals surface area contributed by atoms with E-state index < -0.39 is 11.2 Å². The fraction of sp³-hybridized carbons (Fsp3) is 0.370. The second-order valence-corrected chi connectivity index (χ2v) is 9.67. The van der Waals surface area contributed by atoms with E-state index in [1.165, 1.54) is 26.8 Å². The van der Waals surface area contributed by atoms with Gasteiger partial charge in [-0.1, -0.05) is 53.6 Å². The fourth-order valence-corrected chi connectivity index (χ4v) is 4.81. The summed E-state index contributed by atoms with van der Waals surface area (Å²) >= 11 is 0. The van der Waals surface area contributed by atoms with Crippen LogP contribution in [0.1, 0.15) is 27.8 Å². The minimum atomic E-state index is -0.452. The summed E-state index contributed by atoms with van der Waals surface area (Å²) in [7, 11) is 1.65. The number of benzene rings is 2. The van der Waals surface area contributed by atoms with Gasteiger partial charge in [-0.3, -0.25) is 23.8 Å². The van der Waals surface area contributed by atoms with Crippen molar-refractivity contribution in [1.29, 1.82) is 0 Å². The molecule has 0 amide bonds. The van der Waals surface area contributed by atoms with E-state index in [-0.39, 0.29) is 0 Å². The third kappa shape index (κ3) is 4.53. The molecule has 0 saturated carbocycles. The molecular weight excluding hydrogens is 440 g/mol. The zero-order valence-corrected chi connectivity index (χ0v) is 20.8. The quantitative estimate of drug-likeness (QED) is 0.483. The molecule has 8 nitrogen and oxygen atoms in total. The number of piperazine rings is 1. The number of nitrogens with zero attached hydrogens (tertiary/aromatic N) is 5. The highest BCUT2D eigenvalue weighted by molar-refractivity contribution is 5.74. The highest BCUT2D eigenvalue weighted by atomic mass is 16.2. The van der Waals surface area contributed by atoms with Crippen molar-refractivity contribution in [2.75, 3.05) is 31.1 Å². The van der Waals surface area contributed by atoms with Gasteiger partial charge in [0.1, 0.15) is 0 Å². The van der Waals surface area contributed by atoms with E-state index in [1.807, 2.05) is 4.57 Å². The average Bonchev–Trinajstić information content (AvgIpc) is 3.22. The van der Waals surface area contributed by atoms with Crippen LogP contribution in [0, 0.1) is 20.8 Å². The highest BCUT2D eigenvalue weighted by Gasteiger charge is 2.25. The number of nitrogens with one attached hydrogen (secondary N) is 1. The molecule has 1 aliphatic heterocycles. The van der Waals surface area contributed by atoms with Gasteiger partial charge in [-0.05, 0) is 37.5 Å². The lowest BCUT2D eigenvalue weighted by atomic mass is 10.0. The Hall–Kier alpha value is -3.65. The Balaban J connectivity index is 1.46. The molecule has 1 aliphatic rings. The maximum absolute atomic E-state index is 12.9. The Morgan fingerprint density at radius 3 is 2.29 bits per heavy atom. The Morgan fingerprint density at radius 2 is 1.57 bits per heavy atom. The summed E-state index contributed by atoms with van der Waals surface area (Å²) in [6.07, 6.45) is 0. The van der Waals surface area contributed by atoms with Crippen molar-refractivity contribution in [2.24, 2.45) is 7.05 Å². The number of hydrogen-bond donors (Lipinski definition) is 1. The van der Waals surface area contributed by atoms with Crippen LogP contribution in [0.5, 0.6) is 0 Å². The van der Waals surface area contributed by atoms with E-state index in [0.29, 0.717) is 17.7 Å². The zero-order valence-electron chi connectivity index (χ0n) is 20.8. The van der Waals surface area contributed by atoms with Crippen molar-refractivity contribution in [3.63, 3.8) is 0 Å². The number of rotatable bonds is 5. The number of H-pyrrole nitrogens is 1. The molecule has 0 bridgehead atoms. The third-order valence-electron chi connectivity index (χ3n) is 7.00. The summed E-state index contributed by atoms with van der Waals surface area (Å²) in [6.45, 7) is 11.2. The first-order valence-corrected chi connectivity index (χ1v) is 12.1. The molecule has 0 unspecified atom stereocenters. The van der Waals surface area contributed by atoms with Gasteiger partial charge >= 0.3 is 5.69 Å². The number of hydrogen-bond acceptors (Lipinski definition) is 5. The first-order chi connectivity index (χ1) is 16.8. The van der Waals surface area contributed by atoms with Gasteiger partial charge in [-0.15, -0.1) is 0 Å². The Labute approximate surface area is 204 Å². The third-order valence-corrected chi connectivity index (χ3v) is 7.00. The van der Waals surface area contributed by atoms with Crippen LogP contribution >= 0.6 is 0 Å². The standard InChI is InChI=1S/C27H32N6O2/c1-18-6-9-21(10-7-18)16-33-23-24(30(4)27(35)29-25(23)34)28-26(33)32-13-11-31(12-14-32)17-22-15-19(2)5-8-20(22)3/h5-10,15H,11-14,16-17H2,1-4H3,(H,29,34,35). The summed E-state index contributed by atoms with van der Waals surface area (Å²) < 4.78 is 3.38. The van der Waals surface area contributed by atoms with Crippen LogP contribution in [0.4, 0.5) is 5.95 Å². The maximum atomic E-state index is 12.9. The molecule has 8 heteroatoms. The van der Waals surface area contributed by atoms with Gasteiger partial charge in [0.25, 0.3) is 5.56 Å². The Bertz CT molecular complexity index is 1490. The second kappa shape index (κ2) is 9.19. The molecule has 0 radical (unpaired) electrons. The van der Waals surface area contributed by atoms with E-state index >= 15 is 0 Å². The van der Waals surface area contributed by atoms with Gasteiger partial charge in [-0.2, -0.15) is 4.98 Å². The first-order valence-electron chi connectivity index (χ1n) is 12.1. The van der Waals surface area contributed by atoms with Gasteiger partial charge < -0.3 is 4.90 Å².